The van der Waals surface area contributed by atoms with Crippen LogP contribution in [0.3, 0.4) is 0 Å². The van der Waals surface area contributed by atoms with E-state index in [9.17, 15) is 4.79 Å². The minimum atomic E-state index is 0.339. The zero-order chi connectivity index (χ0) is 13.5. The number of hydrogen-bond donors (Lipinski definition) is 0. The number of carbonyl (C=O) groups is 1. The van der Waals surface area contributed by atoms with Gasteiger partial charge in [-0.15, -0.1) is 0 Å². The molecule has 0 saturated carbocycles. The summed E-state index contributed by atoms with van der Waals surface area (Å²) in [4.78, 5) is 14.6. The lowest BCUT2D eigenvalue weighted by Crippen LogP contribution is -2.45. The molecule has 1 rings (SSSR count). The predicted molar refractivity (Wildman–Crippen MR) is 74.5 cm³/mol. The third kappa shape index (κ3) is 4.27. The highest BCUT2D eigenvalue weighted by Crippen LogP contribution is 2.22. The van der Waals surface area contributed by atoms with Gasteiger partial charge in [-0.25, -0.2) is 0 Å². The number of nitrogens with zero attached hydrogens (tertiary/aromatic N) is 1. The molecule has 0 spiro atoms. The molecular formula is C15H29NO2. The predicted octanol–water partition coefficient (Wildman–Crippen LogP) is 3.23. The van der Waals surface area contributed by atoms with Crippen LogP contribution in [0.2, 0.25) is 0 Å². The Morgan fingerprint density at radius 2 is 1.67 bits per heavy atom. The maximum atomic E-state index is 12.5. The molecule has 0 N–H and O–H groups in total. The van der Waals surface area contributed by atoms with Gasteiger partial charge in [0.15, 0.2) is 0 Å². The topological polar surface area (TPSA) is 29.5 Å². The Labute approximate surface area is 112 Å². The lowest BCUT2D eigenvalue weighted by molar-refractivity contribution is -0.137. The van der Waals surface area contributed by atoms with E-state index in [0.717, 1.165) is 38.9 Å². The summed E-state index contributed by atoms with van der Waals surface area (Å²) in [6.45, 7) is 10.3. The van der Waals surface area contributed by atoms with Gasteiger partial charge in [-0.1, -0.05) is 13.8 Å². The molecule has 0 radical (unpaired) electrons. The first-order valence-corrected chi connectivity index (χ1v) is 7.49. The van der Waals surface area contributed by atoms with Crippen LogP contribution in [0.4, 0.5) is 0 Å². The van der Waals surface area contributed by atoms with Crippen molar-refractivity contribution in [3.8, 4) is 0 Å². The second-order valence-electron chi connectivity index (χ2n) is 5.58. The molecule has 1 fully saturated rings. The summed E-state index contributed by atoms with van der Waals surface area (Å²) >= 11 is 0. The lowest BCUT2D eigenvalue weighted by atomic mass is 9.95. The van der Waals surface area contributed by atoms with Crippen molar-refractivity contribution in [2.75, 3.05) is 13.2 Å². The molecular weight excluding hydrogens is 226 g/mol. The van der Waals surface area contributed by atoms with Crippen molar-refractivity contribution < 1.29 is 9.53 Å². The van der Waals surface area contributed by atoms with E-state index >= 15 is 0 Å². The normalized spacial score (nSPS) is 20.4. The molecule has 0 aliphatic carbocycles. The van der Waals surface area contributed by atoms with Crippen LogP contribution in [0.25, 0.3) is 0 Å². The van der Waals surface area contributed by atoms with Gasteiger partial charge >= 0.3 is 0 Å². The van der Waals surface area contributed by atoms with Crippen LogP contribution in [0.5, 0.6) is 0 Å². The summed E-state index contributed by atoms with van der Waals surface area (Å²) in [5.41, 5.74) is 0. The van der Waals surface area contributed by atoms with Gasteiger partial charge in [-0.05, 0) is 45.4 Å². The van der Waals surface area contributed by atoms with Crippen LogP contribution in [0, 0.1) is 5.92 Å². The molecule has 3 heteroatoms. The fourth-order valence-corrected chi connectivity index (χ4v) is 2.62. The Bertz CT molecular complexity index is 239. The fraction of sp³-hybridized carbons (Fsp3) is 0.933. The van der Waals surface area contributed by atoms with Gasteiger partial charge in [-0.2, -0.15) is 0 Å². The number of rotatable bonds is 6. The third-order valence-corrected chi connectivity index (χ3v) is 4.22. The van der Waals surface area contributed by atoms with Crippen molar-refractivity contribution in [2.24, 2.45) is 5.92 Å². The van der Waals surface area contributed by atoms with Gasteiger partial charge in [0.25, 0.3) is 0 Å². The van der Waals surface area contributed by atoms with E-state index in [-0.39, 0.29) is 0 Å². The molecule has 1 amide bonds. The first-order chi connectivity index (χ1) is 8.60. The van der Waals surface area contributed by atoms with E-state index in [0.29, 0.717) is 30.3 Å². The molecule has 1 aliphatic rings. The zero-order valence-electron chi connectivity index (χ0n) is 12.4. The zero-order valence-corrected chi connectivity index (χ0v) is 12.4. The monoisotopic (exact) mass is 255 g/mol. The second kappa shape index (κ2) is 7.78. The highest BCUT2D eigenvalue weighted by molar-refractivity contribution is 5.77. The summed E-state index contributed by atoms with van der Waals surface area (Å²) in [6, 6.07) is 0.708. The van der Waals surface area contributed by atoms with E-state index in [1.54, 1.807) is 0 Å². The molecule has 1 saturated heterocycles. The standard InChI is InChI=1S/C15H29NO2/c1-5-12(3)16(13(4)6-2)15(17)11-14-7-9-18-10-8-14/h12-14H,5-11H2,1-4H3. The van der Waals surface area contributed by atoms with Gasteiger partial charge in [0.2, 0.25) is 5.91 Å². The summed E-state index contributed by atoms with van der Waals surface area (Å²) in [5.74, 6) is 0.868. The first kappa shape index (κ1) is 15.5. The number of ether oxygens (including phenoxy) is 1. The maximum Gasteiger partial charge on any atom is 0.223 e. The summed E-state index contributed by atoms with van der Waals surface area (Å²) in [5, 5.41) is 0. The Balaban J connectivity index is 2.57. The fourth-order valence-electron chi connectivity index (χ4n) is 2.62. The molecule has 0 aromatic rings. The minimum absolute atomic E-state index is 0.339. The molecule has 18 heavy (non-hydrogen) atoms. The number of carbonyl (C=O) groups excluding carboxylic acids is 1. The Morgan fingerprint density at radius 3 is 2.11 bits per heavy atom. The Morgan fingerprint density at radius 1 is 1.17 bits per heavy atom. The SMILES string of the molecule is CCC(C)N(C(=O)CC1CCOCC1)C(C)CC. The third-order valence-electron chi connectivity index (χ3n) is 4.22. The summed E-state index contributed by atoms with van der Waals surface area (Å²) in [6.07, 6.45) is 4.85. The van der Waals surface area contributed by atoms with Gasteiger partial charge in [0.05, 0.1) is 0 Å². The average Bonchev–Trinajstić information content (AvgIpc) is 2.39. The molecule has 0 bridgehead atoms. The van der Waals surface area contributed by atoms with Crippen LogP contribution in [0.15, 0.2) is 0 Å². The van der Waals surface area contributed by atoms with Crippen LogP contribution < -0.4 is 0 Å². The van der Waals surface area contributed by atoms with Crippen molar-refractivity contribution in [1.82, 2.24) is 4.90 Å². The van der Waals surface area contributed by atoms with Gasteiger partial charge in [-0.3, -0.25) is 4.79 Å². The van der Waals surface area contributed by atoms with E-state index in [2.05, 4.69) is 32.6 Å². The molecule has 0 aromatic carbocycles. The maximum absolute atomic E-state index is 12.5. The molecule has 2 atom stereocenters. The van der Waals surface area contributed by atoms with Crippen LogP contribution in [-0.4, -0.2) is 36.1 Å². The highest BCUT2D eigenvalue weighted by atomic mass is 16.5. The van der Waals surface area contributed by atoms with Crippen molar-refractivity contribution in [3.05, 3.63) is 0 Å². The summed E-state index contributed by atoms with van der Waals surface area (Å²) < 4.78 is 5.35. The van der Waals surface area contributed by atoms with E-state index < -0.39 is 0 Å². The van der Waals surface area contributed by atoms with Gasteiger partial charge < -0.3 is 9.64 Å². The van der Waals surface area contributed by atoms with E-state index in [4.69, 9.17) is 4.74 Å². The molecule has 1 aliphatic heterocycles. The Kier molecular flexibility index (Phi) is 6.69. The van der Waals surface area contributed by atoms with E-state index in [1.165, 1.54) is 0 Å². The summed E-state index contributed by atoms with van der Waals surface area (Å²) in [7, 11) is 0. The molecule has 106 valence electrons. The van der Waals surface area contributed by atoms with Crippen molar-refractivity contribution in [3.63, 3.8) is 0 Å². The highest BCUT2D eigenvalue weighted by Gasteiger charge is 2.26. The number of amides is 1. The van der Waals surface area contributed by atoms with Gasteiger partial charge in [0.1, 0.15) is 0 Å². The minimum Gasteiger partial charge on any atom is -0.381 e. The quantitative estimate of drug-likeness (QED) is 0.729. The van der Waals surface area contributed by atoms with Crippen molar-refractivity contribution in [1.29, 1.82) is 0 Å². The van der Waals surface area contributed by atoms with Crippen molar-refractivity contribution >= 4 is 5.91 Å². The smallest absolute Gasteiger partial charge is 0.223 e. The average molecular weight is 255 g/mol. The largest absolute Gasteiger partial charge is 0.381 e. The van der Waals surface area contributed by atoms with Gasteiger partial charge in [0, 0.05) is 31.7 Å². The molecule has 0 aromatic heterocycles. The molecule has 1 heterocycles. The van der Waals surface area contributed by atoms with Crippen molar-refractivity contribution in [2.45, 2.75) is 71.9 Å². The van der Waals surface area contributed by atoms with Crippen LogP contribution in [0.1, 0.15) is 59.8 Å². The van der Waals surface area contributed by atoms with Crippen LogP contribution in [-0.2, 0) is 9.53 Å². The first-order valence-electron chi connectivity index (χ1n) is 7.49. The molecule has 3 nitrogen and oxygen atoms in total. The van der Waals surface area contributed by atoms with E-state index in [1.807, 2.05) is 0 Å². The lowest BCUT2D eigenvalue weighted by Gasteiger charge is -2.35. The molecule has 2 unspecified atom stereocenters. The number of hydrogen-bond acceptors (Lipinski definition) is 2. The Hall–Kier alpha value is -0.570. The second-order valence-corrected chi connectivity index (χ2v) is 5.58. The van der Waals surface area contributed by atoms with Crippen LogP contribution >= 0.6 is 0 Å².